The lowest BCUT2D eigenvalue weighted by Crippen LogP contribution is -2.47. The van der Waals surface area contributed by atoms with Gasteiger partial charge < -0.3 is 19.9 Å². The third-order valence-corrected chi connectivity index (χ3v) is 7.76. The van der Waals surface area contributed by atoms with Crippen LogP contribution in [0.2, 0.25) is 0 Å². The van der Waals surface area contributed by atoms with Crippen molar-refractivity contribution in [2.45, 2.75) is 18.7 Å². The zero-order valence-corrected chi connectivity index (χ0v) is 20.9. The van der Waals surface area contributed by atoms with E-state index in [9.17, 15) is 18.0 Å². The number of sulfonamides is 1. The number of nitrogens with one attached hydrogen (secondary N) is 1. The fourth-order valence-electron chi connectivity index (χ4n) is 3.74. The Balaban J connectivity index is 1.66. The third-order valence-electron chi connectivity index (χ3n) is 5.82. The van der Waals surface area contributed by atoms with Crippen molar-refractivity contribution in [3.8, 4) is 5.75 Å². The monoisotopic (exact) mass is 488 g/mol. The number of aryl methyl sites for hydroxylation is 1. The van der Waals surface area contributed by atoms with Gasteiger partial charge in [-0.15, -0.1) is 0 Å². The lowest BCUT2D eigenvalue weighted by atomic mass is 10.1. The summed E-state index contributed by atoms with van der Waals surface area (Å²) in [5, 5.41) is 2.71. The first-order valence-electron chi connectivity index (χ1n) is 11.2. The average molecular weight is 489 g/mol. The first-order chi connectivity index (χ1) is 16.1. The molecule has 10 heteroatoms. The van der Waals surface area contributed by atoms with Gasteiger partial charge in [0.2, 0.25) is 15.9 Å². The largest absolute Gasteiger partial charge is 0.495 e. The van der Waals surface area contributed by atoms with Crippen LogP contribution in [0.25, 0.3) is 0 Å². The smallest absolute Gasteiger partial charge is 0.253 e. The fourth-order valence-corrected chi connectivity index (χ4v) is 5.39. The van der Waals surface area contributed by atoms with Crippen molar-refractivity contribution in [2.24, 2.45) is 0 Å². The molecule has 1 N–H and O–H groups in total. The predicted octanol–water partition coefficient (Wildman–Crippen LogP) is 2.04. The van der Waals surface area contributed by atoms with Crippen LogP contribution in [0.3, 0.4) is 0 Å². The molecule has 34 heavy (non-hydrogen) atoms. The van der Waals surface area contributed by atoms with Crippen LogP contribution in [0, 0.1) is 6.92 Å². The Morgan fingerprint density at radius 3 is 2.29 bits per heavy atom. The summed E-state index contributed by atoms with van der Waals surface area (Å²) in [6.45, 7) is 6.27. The molecule has 2 aromatic carbocycles. The van der Waals surface area contributed by atoms with E-state index in [1.807, 2.05) is 11.9 Å². The molecule has 1 aliphatic heterocycles. The Morgan fingerprint density at radius 2 is 1.71 bits per heavy atom. The van der Waals surface area contributed by atoms with Crippen LogP contribution in [-0.2, 0) is 14.8 Å². The lowest BCUT2D eigenvalue weighted by Gasteiger charge is -2.32. The van der Waals surface area contributed by atoms with Gasteiger partial charge in [0.05, 0.1) is 13.7 Å². The topological polar surface area (TPSA) is 99.3 Å². The second-order valence-corrected chi connectivity index (χ2v) is 10.2. The maximum Gasteiger partial charge on any atom is 0.253 e. The third kappa shape index (κ3) is 5.94. The maximum atomic E-state index is 13.2. The number of carbonyl (C=O) groups excluding carboxylic acids is 2. The number of benzene rings is 2. The van der Waals surface area contributed by atoms with Crippen molar-refractivity contribution in [2.75, 3.05) is 58.7 Å². The molecule has 0 aliphatic carbocycles. The quantitative estimate of drug-likeness (QED) is 0.611. The molecule has 1 heterocycles. The van der Waals surface area contributed by atoms with Crippen molar-refractivity contribution in [3.63, 3.8) is 0 Å². The van der Waals surface area contributed by atoms with E-state index in [1.165, 1.54) is 13.2 Å². The van der Waals surface area contributed by atoms with Crippen molar-refractivity contribution in [1.29, 1.82) is 0 Å². The van der Waals surface area contributed by atoms with Crippen molar-refractivity contribution in [1.82, 2.24) is 14.1 Å². The van der Waals surface area contributed by atoms with E-state index in [0.29, 0.717) is 24.3 Å². The van der Waals surface area contributed by atoms with Gasteiger partial charge in [-0.05, 0) is 55.9 Å². The van der Waals surface area contributed by atoms with Gasteiger partial charge in [0, 0.05) is 44.0 Å². The fraction of sp³-hybridized carbons (Fsp3) is 0.417. The number of nitrogens with zero attached hydrogens (tertiary/aromatic N) is 3. The van der Waals surface area contributed by atoms with E-state index in [2.05, 4.69) is 10.2 Å². The summed E-state index contributed by atoms with van der Waals surface area (Å²) >= 11 is 0. The highest BCUT2D eigenvalue weighted by Gasteiger charge is 2.28. The summed E-state index contributed by atoms with van der Waals surface area (Å²) < 4.78 is 32.7. The molecule has 0 unspecified atom stereocenters. The molecule has 1 aliphatic rings. The number of anilines is 1. The first-order valence-corrected chi connectivity index (χ1v) is 12.6. The maximum absolute atomic E-state index is 13.2. The average Bonchev–Trinajstić information content (AvgIpc) is 2.83. The van der Waals surface area contributed by atoms with Gasteiger partial charge in [-0.25, -0.2) is 8.42 Å². The van der Waals surface area contributed by atoms with Gasteiger partial charge in [0.1, 0.15) is 10.6 Å². The number of piperazine rings is 1. The number of hydrogen-bond donors (Lipinski definition) is 1. The molecule has 0 radical (unpaired) electrons. The molecule has 2 aromatic rings. The molecule has 1 fully saturated rings. The van der Waals surface area contributed by atoms with Gasteiger partial charge in [-0.2, -0.15) is 4.31 Å². The molecule has 0 aromatic heterocycles. The minimum absolute atomic E-state index is 0.0245. The number of carbonyl (C=O) groups is 2. The van der Waals surface area contributed by atoms with Crippen LogP contribution in [0.4, 0.5) is 5.69 Å². The van der Waals surface area contributed by atoms with E-state index in [0.717, 1.165) is 23.0 Å². The number of hydrogen-bond acceptors (Lipinski definition) is 6. The highest BCUT2D eigenvalue weighted by molar-refractivity contribution is 7.89. The van der Waals surface area contributed by atoms with Crippen molar-refractivity contribution >= 4 is 27.5 Å². The van der Waals surface area contributed by atoms with E-state index in [4.69, 9.17) is 4.74 Å². The van der Waals surface area contributed by atoms with E-state index in [-0.39, 0.29) is 29.6 Å². The summed E-state index contributed by atoms with van der Waals surface area (Å²) in [6, 6.07) is 11.5. The molecule has 3 rings (SSSR count). The summed E-state index contributed by atoms with van der Waals surface area (Å²) in [6.07, 6.45) is 0. The Hall–Kier alpha value is -2.95. The second kappa shape index (κ2) is 11.0. The molecule has 0 atom stereocenters. The number of ether oxygens (including phenoxy) is 1. The standard InChI is InChI=1S/C24H32N4O5S/c1-5-28(34(31,32)22-16-18(2)6-11-21(22)33-4)17-23(29)25-20-9-7-19(8-10-20)24(30)27-14-12-26(3)13-15-27/h6-11,16H,5,12-15,17H2,1-4H3,(H,25,29). The number of likely N-dealkylation sites (N-methyl/N-ethyl adjacent to an activating group) is 2. The van der Waals surface area contributed by atoms with Crippen molar-refractivity contribution < 1.29 is 22.7 Å². The second-order valence-electron chi connectivity index (χ2n) is 8.31. The van der Waals surface area contributed by atoms with E-state index < -0.39 is 15.9 Å². The molecular formula is C24H32N4O5S. The van der Waals surface area contributed by atoms with Crippen LogP contribution in [0.5, 0.6) is 5.75 Å². The molecule has 0 spiro atoms. The summed E-state index contributed by atoms with van der Waals surface area (Å²) in [5.41, 5.74) is 1.81. The molecule has 0 bridgehead atoms. The highest BCUT2D eigenvalue weighted by atomic mass is 32.2. The minimum atomic E-state index is -3.94. The van der Waals surface area contributed by atoms with Gasteiger partial charge in [0.15, 0.2) is 0 Å². The van der Waals surface area contributed by atoms with Crippen LogP contribution in [0.1, 0.15) is 22.8 Å². The minimum Gasteiger partial charge on any atom is -0.495 e. The molecule has 2 amide bonds. The van der Waals surface area contributed by atoms with Crippen LogP contribution < -0.4 is 10.1 Å². The molecule has 0 saturated carbocycles. The van der Waals surface area contributed by atoms with Gasteiger partial charge in [-0.1, -0.05) is 13.0 Å². The Kier molecular flexibility index (Phi) is 8.29. The molecule has 9 nitrogen and oxygen atoms in total. The lowest BCUT2D eigenvalue weighted by molar-refractivity contribution is -0.116. The van der Waals surface area contributed by atoms with Crippen LogP contribution >= 0.6 is 0 Å². The Labute approximate surface area is 201 Å². The first kappa shape index (κ1) is 25.7. The predicted molar refractivity (Wildman–Crippen MR) is 131 cm³/mol. The zero-order valence-electron chi connectivity index (χ0n) is 20.1. The van der Waals surface area contributed by atoms with Crippen LogP contribution in [-0.4, -0.2) is 87.8 Å². The Morgan fingerprint density at radius 1 is 1.06 bits per heavy atom. The molecule has 1 saturated heterocycles. The summed E-state index contributed by atoms with van der Waals surface area (Å²) in [7, 11) is -0.507. The van der Waals surface area contributed by atoms with E-state index in [1.54, 1.807) is 50.2 Å². The van der Waals surface area contributed by atoms with Gasteiger partial charge in [-0.3, -0.25) is 9.59 Å². The number of methoxy groups -OCH3 is 1. The van der Waals surface area contributed by atoms with E-state index >= 15 is 0 Å². The van der Waals surface area contributed by atoms with Crippen LogP contribution in [0.15, 0.2) is 47.4 Å². The normalized spacial score (nSPS) is 14.8. The zero-order chi connectivity index (χ0) is 24.9. The summed E-state index contributed by atoms with van der Waals surface area (Å²) in [4.78, 5) is 29.4. The molecular weight excluding hydrogens is 456 g/mol. The number of rotatable bonds is 8. The van der Waals surface area contributed by atoms with Gasteiger partial charge in [0.25, 0.3) is 5.91 Å². The number of amides is 2. The Bertz CT molecular complexity index is 1130. The SMILES string of the molecule is CCN(CC(=O)Nc1ccc(C(=O)N2CCN(C)CC2)cc1)S(=O)(=O)c1cc(C)ccc1OC. The highest BCUT2D eigenvalue weighted by Crippen LogP contribution is 2.27. The molecule has 184 valence electrons. The van der Waals surface area contributed by atoms with Crippen molar-refractivity contribution in [3.05, 3.63) is 53.6 Å². The van der Waals surface area contributed by atoms with Gasteiger partial charge >= 0.3 is 0 Å². The summed E-state index contributed by atoms with van der Waals surface area (Å²) in [5.74, 6) is -0.290.